The molecule has 1 aromatic carbocycles. The molecule has 0 saturated heterocycles. The van der Waals surface area contributed by atoms with Crippen LogP contribution in [0.1, 0.15) is 11.1 Å². The van der Waals surface area contributed by atoms with E-state index in [-0.39, 0.29) is 12.3 Å². The van der Waals surface area contributed by atoms with Crippen molar-refractivity contribution in [2.75, 3.05) is 40.3 Å². The maximum absolute atomic E-state index is 12.7. The molecule has 1 N–H and O–H groups in total. The van der Waals surface area contributed by atoms with Crippen molar-refractivity contribution in [1.29, 1.82) is 0 Å². The minimum Gasteiger partial charge on any atom is -0.496 e. The Kier molecular flexibility index (Phi) is 7.95. The van der Waals surface area contributed by atoms with Gasteiger partial charge in [0.15, 0.2) is 9.84 Å². The highest BCUT2D eigenvalue weighted by Crippen LogP contribution is 2.35. The zero-order chi connectivity index (χ0) is 22.1. The zero-order valence-electron chi connectivity index (χ0n) is 17.3. The molecule has 1 aromatic heterocycles. The van der Waals surface area contributed by atoms with E-state index in [1.54, 1.807) is 18.2 Å². The highest BCUT2D eigenvalue weighted by molar-refractivity contribution is 7.93. The van der Waals surface area contributed by atoms with Crippen LogP contribution in [0.15, 0.2) is 29.8 Å². The number of anilines is 1. The second-order valence-electron chi connectivity index (χ2n) is 6.01. The number of methoxy groups -OCH3 is 4. The van der Waals surface area contributed by atoms with Crippen LogP contribution in [-0.2, 0) is 15.6 Å². The number of terminal acetylenes is 1. The Balaban J connectivity index is 2.32. The molecular formula is C21H24N2O6S. The first-order chi connectivity index (χ1) is 14.4. The second-order valence-corrected chi connectivity index (χ2v) is 7.90. The largest absolute Gasteiger partial charge is 0.496 e. The van der Waals surface area contributed by atoms with Crippen molar-refractivity contribution in [2.24, 2.45) is 0 Å². The van der Waals surface area contributed by atoms with E-state index in [4.69, 9.17) is 25.4 Å². The molecule has 0 amide bonds. The van der Waals surface area contributed by atoms with Gasteiger partial charge in [-0.3, -0.25) is 0 Å². The number of benzene rings is 1. The summed E-state index contributed by atoms with van der Waals surface area (Å²) in [5, 5.41) is 4.07. The van der Waals surface area contributed by atoms with E-state index in [1.165, 1.54) is 40.7 Å². The van der Waals surface area contributed by atoms with Crippen LogP contribution >= 0.6 is 0 Å². The fourth-order valence-electron chi connectivity index (χ4n) is 2.66. The van der Waals surface area contributed by atoms with Gasteiger partial charge in [-0.15, -0.1) is 6.42 Å². The van der Waals surface area contributed by atoms with Crippen molar-refractivity contribution in [1.82, 2.24) is 4.98 Å². The van der Waals surface area contributed by atoms with Crippen molar-refractivity contribution in [2.45, 2.75) is 5.75 Å². The van der Waals surface area contributed by atoms with E-state index in [1.807, 2.05) is 0 Å². The van der Waals surface area contributed by atoms with E-state index >= 15 is 0 Å². The molecule has 0 aliphatic heterocycles. The van der Waals surface area contributed by atoms with Crippen LogP contribution < -0.4 is 24.3 Å². The molecule has 9 heteroatoms. The van der Waals surface area contributed by atoms with Crippen molar-refractivity contribution in [3.05, 3.63) is 40.9 Å². The second kappa shape index (κ2) is 10.4. The molecule has 0 saturated carbocycles. The van der Waals surface area contributed by atoms with Gasteiger partial charge in [0.05, 0.1) is 52.0 Å². The lowest BCUT2D eigenvalue weighted by Gasteiger charge is -2.12. The van der Waals surface area contributed by atoms with Gasteiger partial charge in [-0.05, 0) is 17.7 Å². The molecule has 0 spiro atoms. The summed E-state index contributed by atoms with van der Waals surface area (Å²) in [7, 11) is 2.32. The molecule has 0 aliphatic rings. The third kappa shape index (κ3) is 5.81. The van der Waals surface area contributed by atoms with Gasteiger partial charge in [-0.25, -0.2) is 13.4 Å². The quantitative estimate of drug-likeness (QED) is 0.573. The third-order valence-corrected chi connectivity index (χ3v) is 5.33. The highest BCUT2D eigenvalue weighted by Gasteiger charge is 2.15. The van der Waals surface area contributed by atoms with E-state index in [2.05, 4.69) is 16.2 Å². The number of hydrogen-bond donors (Lipinski definition) is 1. The molecule has 0 bridgehead atoms. The van der Waals surface area contributed by atoms with Crippen LogP contribution in [0.2, 0.25) is 0 Å². The van der Waals surface area contributed by atoms with E-state index in [0.717, 1.165) is 5.41 Å². The van der Waals surface area contributed by atoms with Gasteiger partial charge in [-0.1, -0.05) is 5.92 Å². The predicted octanol–water partition coefficient (Wildman–Crippen LogP) is 2.75. The van der Waals surface area contributed by atoms with Crippen molar-refractivity contribution < 1.29 is 27.4 Å². The molecule has 2 rings (SSSR count). The number of rotatable bonds is 10. The molecule has 30 heavy (non-hydrogen) atoms. The number of aromatic nitrogens is 1. The smallest absolute Gasteiger partial charge is 0.237 e. The van der Waals surface area contributed by atoms with Crippen LogP contribution in [0.5, 0.6) is 23.1 Å². The molecule has 0 aliphatic carbocycles. The summed E-state index contributed by atoms with van der Waals surface area (Å²) in [5.74, 6) is 3.89. The van der Waals surface area contributed by atoms with Gasteiger partial charge in [0.1, 0.15) is 17.2 Å². The molecule has 1 heterocycles. The lowest BCUT2D eigenvalue weighted by molar-refractivity contribution is 0.374. The summed E-state index contributed by atoms with van der Waals surface area (Å²) in [6, 6.07) is 4.93. The van der Waals surface area contributed by atoms with Crippen LogP contribution in [0.25, 0.3) is 6.08 Å². The molecule has 160 valence electrons. The van der Waals surface area contributed by atoms with Gasteiger partial charge in [0.25, 0.3) is 0 Å². The van der Waals surface area contributed by atoms with E-state index in [9.17, 15) is 8.42 Å². The maximum atomic E-state index is 12.7. The average Bonchev–Trinajstić information content (AvgIpc) is 2.75. The van der Waals surface area contributed by atoms with Crippen LogP contribution in [-0.4, -0.2) is 48.4 Å². The van der Waals surface area contributed by atoms with Gasteiger partial charge < -0.3 is 24.3 Å². The van der Waals surface area contributed by atoms with Crippen molar-refractivity contribution >= 4 is 21.6 Å². The monoisotopic (exact) mass is 432 g/mol. The van der Waals surface area contributed by atoms with Gasteiger partial charge in [0.2, 0.25) is 5.88 Å². The minimum absolute atomic E-state index is 0.255. The summed E-state index contributed by atoms with van der Waals surface area (Å²) < 4.78 is 46.4. The summed E-state index contributed by atoms with van der Waals surface area (Å²) >= 11 is 0. The Morgan fingerprint density at radius 1 is 1.07 bits per heavy atom. The number of sulfone groups is 1. The standard InChI is InChI=1S/C21H24N2O6S/c1-6-8-22-18-10-15(13-23-21(18)29-5)14-30(24,25)9-7-17-19(27-3)11-16(26-2)12-20(17)28-4/h1,7,9-13,22H,8,14H2,2-5H3. The first-order valence-corrected chi connectivity index (χ1v) is 10.5. The first kappa shape index (κ1) is 22.9. The lowest BCUT2D eigenvalue weighted by Crippen LogP contribution is -2.06. The molecule has 2 aromatic rings. The fraction of sp³-hybridized carbons (Fsp3) is 0.286. The summed E-state index contributed by atoms with van der Waals surface area (Å²) in [4.78, 5) is 4.13. The Morgan fingerprint density at radius 3 is 2.27 bits per heavy atom. The topological polar surface area (TPSA) is 96.0 Å². The first-order valence-electron chi connectivity index (χ1n) is 8.78. The third-order valence-electron chi connectivity index (χ3n) is 4.05. The summed E-state index contributed by atoms with van der Waals surface area (Å²) in [5.41, 5.74) is 1.48. The number of pyridine rings is 1. The molecular weight excluding hydrogens is 408 g/mol. The normalized spacial score (nSPS) is 11.0. The Hall–Kier alpha value is -3.38. The minimum atomic E-state index is -3.63. The van der Waals surface area contributed by atoms with Crippen LogP contribution in [0.3, 0.4) is 0 Å². The van der Waals surface area contributed by atoms with E-state index < -0.39 is 9.84 Å². The molecule has 8 nitrogen and oxygen atoms in total. The fourth-order valence-corrected chi connectivity index (χ4v) is 3.72. The average molecular weight is 432 g/mol. The number of hydrogen-bond acceptors (Lipinski definition) is 8. The molecule has 0 radical (unpaired) electrons. The number of nitrogens with one attached hydrogen (secondary N) is 1. The van der Waals surface area contributed by atoms with Crippen LogP contribution in [0.4, 0.5) is 5.69 Å². The molecule has 0 unspecified atom stereocenters. The predicted molar refractivity (Wildman–Crippen MR) is 116 cm³/mol. The van der Waals surface area contributed by atoms with E-state index in [0.29, 0.717) is 39.9 Å². The Labute approximate surface area is 176 Å². The highest BCUT2D eigenvalue weighted by atomic mass is 32.2. The molecule has 0 atom stereocenters. The van der Waals surface area contributed by atoms with Crippen molar-refractivity contribution in [3.63, 3.8) is 0 Å². The van der Waals surface area contributed by atoms with Gasteiger partial charge in [-0.2, -0.15) is 0 Å². The Bertz CT molecular complexity index is 1030. The summed E-state index contributed by atoms with van der Waals surface area (Å²) in [6.07, 6.45) is 8.14. The zero-order valence-corrected chi connectivity index (χ0v) is 18.1. The molecule has 0 fully saturated rings. The SMILES string of the molecule is C#CCNc1cc(CS(=O)(=O)C=Cc2c(OC)cc(OC)cc2OC)cnc1OC. The maximum Gasteiger partial charge on any atom is 0.237 e. The van der Waals surface area contributed by atoms with Gasteiger partial charge >= 0.3 is 0 Å². The van der Waals surface area contributed by atoms with Gasteiger partial charge in [0, 0.05) is 23.7 Å². The number of nitrogens with zero attached hydrogens (tertiary/aromatic N) is 1. The number of ether oxygens (including phenoxy) is 4. The summed E-state index contributed by atoms with van der Waals surface area (Å²) in [6.45, 7) is 0.255. The lowest BCUT2D eigenvalue weighted by atomic mass is 10.1. The Morgan fingerprint density at radius 2 is 1.73 bits per heavy atom. The van der Waals surface area contributed by atoms with Crippen molar-refractivity contribution in [3.8, 4) is 35.5 Å². The van der Waals surface area contributed by atoms with Crippen LogP contribution in [0, 0.1) is 12.3 Å².